The quantitative estimate of drug-likeness (QED) is 0.335. The zero-order chi connectivity index (χ0) is 17.3. The Kier molecular flexibility index (Phi) is 9.91. The van der Waals surface area contributed by atoms with Crippen LogP contribution in [0.2, 0.25) is 0 Å². The van der Waals surface area contributed by atoms with Crippen molar-refractivity contribution in [2.75, 3.05) is 7.11 Å². The van der Waals surface area contributed by atoms with Gasteiger partial charge in [-0.1, -0.05) is 20.3 Å². The Morgan fingerprint density at radius 1 is 1.14 bits per heavy atom. The monoisotopic (exact) mass is 318 g/mol. The average molecular weight is 318 g/mol. The van der Waals surface area contributed by atoms with Crippen LogP contribution < -0.4 is 22.1 Å². The molecule has 4 unspecified atom stereocenters. The minimum Gasteiger partial charge on any atom is -0.374 e. The van der Waals surface area contributed by atoms with Crippen molar-refractivity contribution in [3.63, 3.8) is 0 Å². The van der Waals surface area contributed by atoms with E-state index in [1.807, 2.05) is 13.8 Å². The van der Waals surface area contributed by atoms with Crippen molar-refractivity contribution in [1.29, 1.82) is 0 Å². The van der Waals surface area contributed by atoms with Crippen LogP contribution in [0.4, 0.5) is 0 Å². The summed E-state index contributed by atoms with van der Waals surface area (Å²) in [6.07, 6.45) is -0.887. The molecule has 0 heterocycles. The van der Waals surface area contributed by atoms with E-state index < -0.39 is 30.5 Å². The first kappa shape index (κ1) is 20.8. The zero-order valence-electron chi connectivity index (χ0n) is 13.8. The molecule has 0 aliphatic heterocycles. The maximum absolute atomic E-state index is 12.5. The van der Waals surface area contributed by atoms with Crippen molar-refractivity contribution in [2.45, 2.75) is 58.7 Å². The van der Waals surface area contributed by atoms with Crippen LogP contribution in [0, 0.1) is 11.8 Å². The normalized spacial score (nSPS) is 16.7. The second kappa shape index (κ2) is 10.5. The lowest BCUT2D eigenvalue weighted by Crippen LogP contribution is -2.55. The molecule has 4 atom stereocenters. The molecule has 0 saturated heterocycles. The van der Waals surface area contributed by atoms with E-state index in [9.17, 15) is 14.7 Å². The molecule has 0 aromatic heterocycles. The van der Waals surface area contributed by atoms with Crippen molar-refractivity contribution in [1.82, 2.24) is 10.6 Å². The molecule has 0 fully saturated rings. The lowest BCUT2D eigenvalue weighted by Gasteiger charge is -2.28. The van der Waals surface area contributed by atoms with Crippen LogP contribution in [0.5, 0.6) is 0 Å². The van der Waals surface area contributed by atoms with Gasteiger partial charge in [0.1, 0.15) is 6.23 Å². The Hall–Kier alpha value is -1.22. The fraction of sp³-hybridized carbons (Fsp3) is 0.857. The minimum absolute atomic E-state index is 0.331. The molecule has 0 aromatic carbocycles. The van der Waals surface area contributed by atoms with Gasteiger partial charge >= 0.3 is 0 Å². The van der Waals surface area contributed by atoms with Crippen LogP contribution >= 0.6 is 0 Å². The zero-order valence-corrected chi connectivity index (χ0v) is 13.8. The second-order valence-corrected chi connectivity index (χ2v) is 5.34. The second-order valence-electron chi connectivity index (χ2n) is 5.34. The predicted molar refractivity (Wildman–Crippen MR) is 83.1 cm³/mol. The van der Waals surface area contributed by atoms with E-state index in [1.165, 1.54) is 14.0 Å². The number of aliphatic hydroxyl groups is 1. The molecule has 130 valence electrons. The standard InChI is InChI=1S/C14H30N4O4/c1-5-7-10(9(6-2)12(20)17-8(3)19)13(21)18-14(22-4)11(15)16/h8-11,14,19H,5-7,15-16H2,1-4H3,(H,17,20)(H,18,21). The molecule has 22 heavy (non-hydrogen) atoms. The van der Waals surface area contributed by atoms with Crippen molar-refractivity contribution in [2.24, 2.45) is 23.3 Å². The molecule has 0 bridgehead atoms. The number of ether oxygens (including phenoxy) is 1. The Balaban J connectivity index is 5.06. The van der Waals surface area contributed by atoms with Crippen molar-refractivity contribution >= 4 is 11.8 Å². The van der Waals surface area contributed by atoms with Crippen LogP contribution in [0.3, 0.4) is 0 Å². The number of methoxy groups -OCH3 is 1. The van der Waals surface area contributed by atoms with E-state index in [4.69, 9.17) is 16.2 Å². The number of nitrogens with two attached hydrogens (primary N) is 2. The van der Waals surface area contributed by atoms with Gasteiger partial charge in [0.15, 0.2) is 6.23 Å². The van der Waals surface area contributed by atoms with E-state index in [2.05, 4.69) is 10.6 Å². The molecule has 0 aliphatic rings. The van der Waals surface area contributed by atoms with E-state index >= 15 is 0 Å². The van der Waals surface area contributed by atoms with Gasteiger partial charge in [0.2, 0.25) is 11.8 Å². The lowest BCUT2D eigenvalue weighted by atomic mass is 9.85. The fourth-order valence-electron chi connectivity index (χ4n) is 2.35. The van der Waals surface area contributed by atoms with Gasteiger partial charge in [-0.25, -0.2) is 0 Å². The number of rotatable bonds is 10. The average Bonchev–Trinajstić information content (AvgIpc) is 2.43. The molecule has 0 aromatic rings. The summed E-state index contributed by atoms with van der Waals surface area (Å²) in [5.41, 5.74) is 11.1. The summed E-state index contributed by atoms with van der Waals surface area (Å²) in [6, 6.07) is 0. The number of carbonyl (C=O) groups is 2. The minimum atomic E-state index is -0.962. The van der Waals surface area contributed by atoms with E-state index in [0.29, 0.717) is 12.8 Å². The maximum Gasteiger partial charge on any atom is 0.225 e. The third-order valence-corrected chi connectivity index (χ3v) is 3.44. The van der Waals surface area contributed by atoms with Crippen LogP contribution in [-0.4, -0.2) is 42.7 Å². The number of amides is 2. The van der Waals surface area contributed by atoms with Crippen molar-refractivity contribution in [3.05, 3.63) is 0 Å². The van der Waals surface area contributed by atoms with Gasteiger partial charge in [0.05, 0.1) is 6.17 Å². The van der Waals surface area contributed by atoms with E-state index in [0.717, 1.165) is 6.42 Å². The molecule has 0 spiro atoms. The summed E-state index contributed by atoms with van der Waals surface area (Å²) in [7, 11) is 1.39. The van der Waals surface area contributed by atoms with Crippen LogP contribution in [0.15, 0.2) is 0 Å². The predicted octanol–water partition coefficient (Wildman–Crippen LogP) is -0.784. The fourth-order valence-corrected chi connectivity index (χ4v) is 2.35. The summed E-state index contributed by atoms with van der Waals surface area (Å²) >= 11 is 0. The molecule has 8 heteroatoms. The molecule has 0 rings (SSSR count). The molecule has 2 amide bonds. The van der Waals surface area contributed by atoms with Crippen molar-refractivity contribution in [3.8, 4) is 0 Å². The van der Waals surface area contributed by atoms with Gasteiger partial charge in [0.25, 0.3) is 0 Å². The Morgan fingerprint density at radius 2 is 1.68 bits per heavy atom. The molecule has 7 N–H and O–H groups in total. The topological polar surface area (TPSA) is 140 Å². The van der Waals surface area contributed by atoms with Gasteiger partial charge in [-0.05, 0) is 19.8 Å². The van der Waals surface area contributed by atoms with Crippen LogP contribution in [-0.2, 0) is 14.3 Å². The highest BCUT2D eigenvalue weighted by atomic mass is 16.5. The Labute approximate surface area is 131 Å². The number of nitrogens with one attached hydrogen (secondary N) is 2. The van der Waals surface area contributed by atoms with Gasteiger partial charge in [-0.15, -0.1) is 0 Å². The van der Waals surface area contributed by atoms with Crippen LogP contribution in [0.25, 0.3) is 0 Å². The van der Waals surface area contributed by atoms with Crippen LogP contribution in [0.1, 0.15) is 40.0 Å². The van der Waals surface area contributed by atoms with Crippen molar-refractivity contribution < 1.29 is 19.4 Å². The summed E-state index contributed by atoms with van der Waals surface area (Å²) in [6.45, 7) is 5.21. The molecular formula is C14H30N4O4. The van der Waals surface area contributed by atoms with E-state index in [-0.39, 0.29) is 11.8 Å². The maximum atomic E-state index is 12.5. The summed E-state index contributed by atoms with van der Waals surface area (Å²) < 4.78 is 5.03. The number of aliphatic hydroxyl groups excluding tert-OH is 1. The van der Waals surface area contributed by atoms with Gasteiger partial charge in [-0.3, -0.25) is 9.59 Å². The largest absolute Gasteiger partial charge is 0.374 e. The Bertz CT molecular complexity index is 350. The number of hydrogen-bond acceptors (Lipinski definition) is 6. The Morgan fingerprint density at radius 3 is 2.05 bits per heavy atom. The first-order valence-electron chi connectivity index (χ1n) is 7.61. The summed E-state index contributed by atoms with van der Waals surface area (Å²) in [5, 5.41) is 14.3. The molecule has 0 saturated carbocycles. The molecule has 0 aliphatic carbocycles. The first-order valence-corrected chi connectivity index (χ1v) is 7.61. The highest BCUT2D eigenvalue weighted by molar-refractivity contribution is 5.87. The lowest BCUT2D eigenvalue weighted by molar-refractivity contribution is -0.139. The smallest absolute Gasteiger partial charge is 0.225 e. The van der Waals surface area contributed by atoms with Gasteiger partial charge in [-0.2, -0.15) is 0 Å². The molecule has 8 nitrogen and oxygen atoms in total. The molecular weight excluding hydrogens is 288 g/mol. The number of carbonyl (C=O) groups excluding carboxylic acids is 2. The molecule has 0 radical (unpaired) electrons. The third-order valence-electron chi connectivity index (χ3n) is 3.44. The summed E-state index contributed by atoms with van der Waals surface area (Å²) in [4.78, 5) is 24.6. The first-order chi connectivity index (χ1) is 10.3. The third kappa shape index (κ3) is 6.69. The highest BCUT2D eigenvalue weighted by Crippen LogP contribution is 2.22. The summed E-state index contributed by atoms with van der Waals surface area (Å²) in [5.74, 6) is -1.76. The number of hydrogen-bond donors (Lipinski definition) is 5. The van der Waals surface area contributed by atoms with E-state index in [1.54, 1.807) is 0 Å². The SMILES string of the molecule is CCCC(C(=O)NC(OC)C(N)N)C(CC)C(=O)NC(C)O. The van der Waals surface area contributed by atoms with Gasteiger partial charge in [0, 0.05) is 18.9 Å². The van der Waals surface area contributed by atoms with Gasteiger partial charge < -0.3 is 31.9 Å². The highest BCUT2D eigenvalue weighted by Gasteiger charge is 2.33.